The van der Waals surface area contributed by atoms with Crippen molar-refractivity contribution in [3.63, 3.8) is 0 Å². The van der Waals surface area contributed by atoms with Crippen LogP contribution in [0.15, 0.2) is 27.8 Å². The number of nitrogens with zero attached hydrogens (tertiary/aromatic N) is 3. The van der Waals surface area contributed by atoms with E-state index in [1.165, 1.54) is 0 Å². The number of ether oxygens (including phenoxy) is 1. The monoisotopic (exact) mass is 470 g/mol. The number of aliphatic hydroxyl groups is 2. The quantitative estimate of drug-likeness (QED) is 0.421. The number of rotatable bonds is 11. The standard InChI is InChI=1S/C22H32F2N4O5/c1-14-11-17(4-5-18(14)21(31)25-16(12-29)13-30)32-10-2-3-15-6-8-28(9-7-15)22-26-20(19(23)24)27-33-22/h5,11,15-17,19,29-30H,2-4,6-10,12-13H2,1H3,(H,25,31). The number of alkyl halides is 2. The maximum Gasteiger partial charge on any atom is 0.324 e. The molecule has 11 heteroatoms. The summed E-state index contributed by atoms with van der Waals surface area (Å²) in [5.41, 5.74) is 1.34. The van der Waals surface area contributed by atoms with Crippen molar-refractivity contribution in [3.05, 3.63) is 29.1 Å². The zero-order valence-corrected chi connectivity index (χ0v) is 18.8. The van der Waals surface area contributed by atoms with E-state index in [-0.39, 0.29) is 31.2 Å². The summed E-state index contributed by atoms with van der Waals surface area (Å²) in [5.74, 6) is -0.349. The fourth-order valence-corrected chi connectivity index (χ4v) is 4.09. The number of halogens is 2. The first kappa shape index (κ1) is 25.3. The summed E-state index contributed by atoms with van der Waals surface area (Å²) >= 11 is 0. The second-order valence-electron chi connectivity index (χ2n) is 8.46. The number of aromatic nitrogens is 2. The van der Waals surface area contributed by atoms with Gasteiger partial charge in [-0.3, -0.25) is 4.79 Å². The van der Waals surface area contributed by atoms with Crippen LogP contribution >= 0.6 is 0 Å². The highest BCUT2D eigenvalue weighted by molar-refractivity contribution is 5.98. The van der Waals surface area contributed by atoms with E-state index in [1.807, 2.05) is 24.0 Å². The van der Waals surface area contributed by atoms with E-state index in [4.69, 9.17) is 19.5 Å². The van der Waals surface area contributed by atoms with Crippen molar-refractivity contribution >= 4 is 11.9 Å². The fraction of sp³-hybridized carbons (Fsp3) is 0.682. The minimum absolute atomic E-state index is 0.0866. The predicted octanol–water partition coefficient (Wildman–Crippen LogP) is 2.13. The number of anilines is 1. The lowest BCUT2D eigenvalue weighted by Gasteiger charge is -2.30. The average Bonchev–Trinajstić information content (AvgIpc) is 3.31. The van der Waals surface area contributed by atoms with Gasteiger partial charge in [0.15, 0.2) is 0 Å². The molecule has 1 fully saturated rings. The van der Waals surface area contributed by atoms with Crippen LogP contribution in [0.4, 0.5) is 14.8 Å². The molecule has 0 radical (unpaired) electrons. The molecule has 1 aromatic heterocycles. The Morgan fingerprint density at radius 3 is 2.67 bits per heavy atom. The Bertz CT molecular complexity index is 833. The summed E-state index contributed by atoms with van der Waals surface area (Å²) in [7, 11) is 0. The number of nitrogens with one attached hydrogen (secondary N) is 1. The molecule has 1 saturated heterocycles. The number of piperidine rings is 1. The van der Waals surface area contributed by atoms with Gasteiger partial charge in [0.1, 0.15) is 0 Å². The summed E-state index contributed by atoms with van der Waals surface area (Å²) in [6, 6.07) is -0.509. The normalized spacial score (nSPS) is 19.7. The number of hydrogen-bond acceptors (Lipinski definition) is 8. The molecular weight excluding hydrogens is 438 g/mol. The van der Waals surface area contributed by atoms with Gasteiger partial charge < -0.3 is 29.7 Å². The van der Waals surface area contributed by atoms with Gasteiger partial charge in [0.25, 0.3) is 5.91 Å². The van der Waals surface area contributed by atoms with Crippen molar-refractivity contribution in [3.8, 4) is 0 Å². The van der Waals surface area contributed by atoms with E-state index in [0.717, 1.165) is 31.3 Å². The van der Waals surface area contributed by atoms with Crippen molar-refractivity contribution in [2.45, 2.75) is 57.6 Å². The van der Waals surface area contributed by atoms with Gasteiger partial charge in [-0.15, -0.1) is 0 Å². The number of aliphatic hydroxyl groups excluding tert-OH is 2. The van der Waals surface area contributed by atoms with E-state index < -0.39 is 18.3 Å². The van der Waals surface area contributed by atoms with E-state index in [9.17, 15) is 13.6 Å². The Hall–Kier alpha value is -2.37. The minimum atomic E-state index is -2.73. The van der Waals surface area contributed by atoms with Gasteiger partial charge in [-0.05, 0) is 50.5 Å². The first-order chi connectivity index (χ1) is 15.9. The summed E-state index contributed by atoms with van der Waals surface area (Å²) < 4.78 is 36.1. The van der Waals surface area contributed by atoms with Crippen molar-refractivity contribution in [2.24, 2.45) is 5.92 Å². The number of carbonyl (C=O) groups is 1. The zero-order chi connectivity index (χ0) is 23.8. The molecule has 1 aromatic rings. The SMILES string of the molecule is CC1=CC(OCCCC2CCN(c3nc(C(F)F)no3)CC2)CC=C1C(=O)NC(CO)CO. The molecule has 9 nitrogen and oxygen atoms in total. The molecule has 1 aliphatic carbocycles. The largest absolute Gasteiger partial charge is 0.394 e. The molecule has 1 aliphatic heterocycles. The van der Waals surface area contributed by atoms with Gasteiger partial charge in [-0.1, -0.05) is 17.3 Å². The Labute approximate surface area is 191 Å². The summed E-state index contributed by atoms with van der Waals surface area (Å²) in [6.07, 6.45) is 5.32. The van der Waals surface area contributed by atoms with Gasteiger partial charge in [0, 0.05) is 25.3 Å². The first-order valence-electron chi connectivity index (χ1n) is 11.3. The van der Waals surface area contributed by atoms with Crippen LogP contribution in [-0.4, -0.2) is 71.3 Å². The molecule has 0 bridgehead atoms. The van der Waals surface area contributed by atoms with Gasteiger partial charge in [-0.25, -0.2) is 8.78 Å². The number of amides is 1. The molecule has 0 spiro atoms. The molecule has 33 heavy (non-hydrogen) atoms. The van der Waals surface area contributed by atoms with Crippen molar-refractivity contribution in [1.82, 2.24) is 15.5 Å². The third kappa shape index (κ3) is 7.05. The molecule has 2 aliphatic rings. The topological polar surface area (TPSA) is 121 Å². The second kappa shape index (κ2) is 12.2. The van der Waals surface area contributed by atoms with Crippen LogP contribution in [0, 0.1) is 5.92 Å². The Balaban J connectivity index is 1.33. The molecule has 3 rings (SSSR count). The summed E-state index contributed by atoms with van der Waals surface area (Å²) in [6.45, 7) is 3.21. The Morgan fingerprint density at radius 1 is 1.33 bits per heavy atom. The summed E-state index contributed by atoms with van der Waals surface area (Å²) in [4.78, 5) is 17.9. The van der Waals surface area contributed by atoms with E-state index >= 15 is 0 Å². The summed E-state index contributed by atoms with van der Waals surface area (Å²) in [5, 5.41) is 24.1. The van der Waals surface area contributed by atoms with Crippen LogP contribution in [0.1, 0.15) is 51.3 Å². The molecule has 3 N–H and O–H groups in total. The van der Waals surface area contributed by atoms with Crippen LogP contribution in [0.3, 0.4) is 0 Å². The lowest BCUT2D eigenvalue weighted by Crippen LogP contribution is -2.41. The van der Waals surface area contributed by atoms with Crippen LogP contribution in [0.5, 0.6) is 0 Å². The van der Waals surface area contributed by atoms with Gasteiger partial charge in [0.05, 0.1) is 25.4 Å². The lowest BCUT2D eigenvalue weighted by atomic mass is 9.92. The molecule has 1 atom stereocenters. The molecular formula is C22H32F2N4O5. The van der Waals surface area contributed by atoms with Crippen molar-refractivity contribution in [2.75, 3.05) is 37.8 Å². The van der Waals surface area contributed by atoms with Crippen LogP contribution < -0.4 is 10.2 Å². The third-order valence-corrected chi connectivity index (χ3v) is 6.04. The lowest BCUT2D eigenvalue weighted by molar-refractivity contribution is -0.118. The minimum Gasteiger partial charge on any atom is -0.394 e. The van der Waals surface area contributed by atoms with Gasteiger partial charge >= 0.3 is 12.4 Å². The Morgan fingerprint density at radius 2 is 2.06 bits per heavy atom. The van der Waals surface area contributed by atoms with Crippen LogP contribution in [0.25, 0.3) is 0 Å². The van der Waals surface area contributed by atoms with E-state index in [0.29, 0.717) is 37.6 Å². The molecule has 0 aromatic carbocycles. The number of carbonyl (C=O) groups excluding carboxylic acids is 1. The highest BCUT2D eigenvalue weighted by Gasteiger charge is 2.25. The van der Waals surface area contributed by atoms with Gasteiger partial charge in [-0.2, -0.15) is 4.98 Å². The van der Waals surface area contributed by atoms with Crippen molar-refractivity contribution in [1.29, 1.82) is 0 Å². The van der Waals surface area contributed by atoms with E-state index in [2.05, 4.69) is 15.5 Å². The zero-order valence-electron chi connectivity index (χ0n) is 18.8. The third-order valence-electron chi connectivity index (χ3n) is 6.04. The average molecular weight is 471 g/mol. The fourth-order valence-electron chi connectivity index (χ4n) is 4.09. The molecule has 2 heterocycles. The smallest absolute Gasteiger partial charge is 0.324 e. The van der Waals surface area contributed by atoms with Crippen molar-refractivity contribution < 1.29 is 33.0 Å². The van der Waals surface area contributed by atoms with Crippen LogP contribution in [-0.2, 0) is 9.53 Å². The first-order valence-corrected chi connectivity index (χ1v) is 11.3. The molecule has 1 unspecified atom stereocenters. The maximum absolute atomic E-state index is 12.6. The van der Waals surface area contributed by atoms with Crippen LogP contribution in [0.2, 0.25) is 0 Å². The van der Waals surface area contributed by atoms with Gasteiger partial charge in [0.2, 0.25) is 5.82 Å². The Kier molecular flexibility index (Phi) is 9.33. The molecule has 1 amide bonds. The molecule has 184 valence electrons. The predicted molar refractivity (Wildman–Crippen MR) is 116 cm³/mol. The maximum atomic E-state index is 12.6. The second-order valence-corrected chi connectivity index (χ2v) is 8.46. The number of hydrogen-bond donors (Lipinski definition) is 3. The molecule has 0 saturated carbocycles. The van der Waals surface area contributed by atoms with E-state index in [1.54, 1.807) is 0 Å². The highest BCUT2D eigenvalue weighted by Crippen LogP contribution is 2.27. The highest BCUT2D eigenvalue weighted by atomic mass is 19.3.